The fraction of sp³-hybridized carbons (Fsp3) is 0.714. The fourth-order valence-electron chi connectivity index (χ4n) is 0.732. The lowest BCUT2D eigenvalue weighted by Gasteiger charge is -2.24. The van der Waals surface area contributed by atoms with Crippen molar-refractivity contribution in [3.8, 4) is 6.07 Å². The SMILES string of the molecule is CCN(CC#N)C(=O)C(F)(F)C(F)(F)F. The van der Waals surface area contributed by atoms with E-state index in [2.05, 4.69) is 0 Å². The third-order valence-electron chi connectivity index (χ3n) is 1.56. The Labute approximate surface area is 82.1 Å². The molecule has 0 atom stereocenters. The van der Waals surface area contributed by atoms with Crippen LogP contribution in [0.3, 0.4) is 0 Å². The highest BCUT2D eigenvalue weighted by Crippen LogP contribution is 2.36. The minimum Gasteiger partial charge on any atom is -0.324 e. The predicted octanol–water partition coefficient (Wildman–Crippen LogP) is 1.56. The zero-order valence-electron chi connectivity index (χ0n) is 7.61. The minimum absolute atomic E-state index is 0.132. The van der Waals surface area contributed by atoms with Crippen LogP contribution in [0.2, 0.25) is 0 Å². The molecule has 1 amide bonds. The Morgan fingerprint density at radius 2 is 1.80 bits per heavy atom. The van der Waals surface area contributed by atoms with Gasteiger partial charge in [-0.25, -0.2) is 0 Å². The summed E-state index contributed by atoms with van der Waals surface area (Å²) in [5.41, 5.74) is 0. The molecule has 0 aromatic rings. The lowest BCUT2D eigenvalue weighted by molar-refractivity contribution is -0.274. The summed E-state index contributed by atoms with van der Waals surface area (Å²) < 4.78 is 60.1. The number of carbonyl (C=O) groups excluding carboxylic acids is 1. The van der Waals surface area contributed by atoms with Crippen LogP contribution in [0, 0.1) is 11.3 Å². The van der Waals surface area contributed by atoms with Crippen molar-refractivity contribution in [3.05, 3.63) is 0 Å². The van der Waals surface area contributed by atoms with Crippen molar-refractivity contribution in [1.82, 2.24) is 4.90 Å². The highest BCUT2D eigenvalue weighted by atomic mass is 19.4. The van der Waals surface area contributed by atoms with Crippen LogP contribution in [0.1, 0.15) is 6.92 Å². The molecule has 0 bridgehead atoms. The molecule has 15 heavy (non-hydrogen) atoms. The number of amides is 1. The molecule has 0 radical (unpaired) electrons. The number of hydrogen-bond acceptors (Lipinski definition) is 2. The van der Waals surface area contributed by atoms with E-state index in [4.69, 9.17) is 5.26 Å². The van der Waals surface area contributed by atoms with Crippen LogP contribution in [0.5, 0.6) is 0 Å². The van der Waals surface area contributed by atoms with E-state index in [1.807, 2.05) is 0 Å². The maximum atomic E-state index is 12.5. The van der Waals surface area contributed by atoms with E-state index in [1.165, 1.54) is 13.0 Å². The first kappa shape index (κ1) is 13.6. The van der Waals surface area contributed by atoms with Gasteiger partial charge in [0.15, 0.2) is 0 Å². The van der Waals surface area contributed by atoms with Gasteiger partial charge in [0.1, 0.15) is 6.54 Å². The van der Waals surface area contributed by atoms with Crippen LogP contribution >= 0.6 is 0 Å². The molecule has 0 aliphatic carbocycles. The average molecular weight is 230 g/mol. The van der Waals surface area contributed by atoms with E-state index >= 15 is 0 Å². The topological polar surface area (TPSA) is 44.1 Å². The van der Waals surface area contributed by atoms with E-state index in [1.54, 1.807) is 0 Å². The van der Waals surface area contributed by atoms with Gasteiger partial charge >= 0.3 is 18.0 Å². The number of alkyl halides is 5. The summed E-state index contributed by atoms with van der Waals surface area (Å²) in [6, 6.07) is 1.33. The number of hydrogen-bond donors (Lipinski definition) is 0. The molecule has 0 spiro atoms. The zero-order chi connectivity index (χ0) is 12.3. The monoisotopic (exact) mass is 230 g/mol. The van der Waals surface area contributed by atoms with Crippen molar-refractivity contribution in [1.29, 1.82) is 5.26 Å². The van der Waals surface area contributed by atoms with E-state index < -0.39 is 31.1 Å². The first-order chi connectivity index (χ1) is 6.68. The Hall–Kier alpha value is -1.39. The van der Waals surface area contributed by atoms with Crippen molar-refractivity contribution >= 4 is 5.91 Å². The van der Waals surface area contributed by atoms with Gasteiger partial charge in [-0.1, -0.05) is 0 Å². The van der Waals surface area contributed by atoms with Crippen LogP contribution in [0.15, 0.2) is 0 Å². The van der Waals surface area contributed by atoms with Crippen molar-refractivity contribution in [2.24, 2.45) is 0 Å². The summed E-state index contributed by atoms with van der Waals surface area (Å²) in [6.45, 7) is 0.000755. The van der Waals surface area contributed by atoms with Gasteiger partial charge in [-0.3, -0.25) is 4.79 Å². The molecule has 0 unspecified atom stereocenters. The molecule has 0 fully saturated rings. The quantitative estimate of drug-likeness (QED) is 0.545. The van der Waals surface area contributed by atoms with E-state index in [0.29, 0.717) is 0 Å². The Morgan fingerprint density at radius 1 is 1.33 bits per heavy atom. The summed E-state index contributed by atoms with van der Waals surface area (Å²) in [5, 5.41) is 8.12. The third kappa shape index (κ3) is 2.78. The lowest BCUT2D eigenvalue weighted by atomic mass is 10.2. The zero-order valence-corrected chi connectivity index (χ0v) is 7.61. The van der Waals surface area contributed by atoms with E-state index in [9.17, 15) is 26.7 Å². The predicted molar refractivity (Wildman–Crippen MR) is 38.9 cm³/mol. The second-order valence-electron chi connectivity index (χ2n) is 2.55. The normalized spacial score (nSPS) is 12.1. The van der Waals surface area contributed by atoms with Crippen molar-refractivity contribution in [2.75, 3.05) is 13.1 Å². The molecule has 0 N–H and O–H groups in total. The Kier molecular flexibility index (Phi) is 4.01. The standard InChI is InChI=1S/C7H7F5N2O/c1-2-14(4-3-13)5(15)6(8,9)7(10,11)12/h2,4H2,1H3. The molecule has 8 heteroatoms. The molecule has 86 valence electrons. The largest absolute Gasteiger partial charge is 0.463 e. The number of carbonyl (C=O) groups is 1. The first-order valence-electron chi connectivity index (χ1n) is 3.79. The maximum Gasteiger partial charge on any atom is 0.463 e. The molecular weight excluding hydrogens is 223 g/mol. The van der Waals surface area contributed by atoms with Crippen LogP contribution in [0.25, 0.3) is 0 Å². The minimum atomic E-state index is -5.94. The molecule has 0 aliphatic heterocycles. The molecule has 0 aromatic heterocycles. The molecule has 0 aromatic carbocycles. The van der Waals surface area contributed by atoms with Gasteiger partial charge < -0.3 is 4.90 Å². The summed E-state index contributed by atoms with van der Waals surface area (Å²) in [5.74, 6) is -7.85. The maximum absolute atomic E-state index is 12.5. The Morgan fingerprint density at radius 3 is 2.07 bits per heavy atom. The number of nitrogens with zero attached hydrogens (tertiary/aromatic N) is 2. The van der Waals surface area contributed by atoms with Gasteiger partial charge in [0.25, 0.3) is 0 Å². The van der Waals surface area contributed by atoms with Crippen molar-refractivity contribution in [2.45, 2.75) is 19.0 Å². The van der Waals surface area contributed by atoms with E-state index in [-0.39, 0.29) is 4.90 Å². The first-order valence-corrected chi connectivity index (χ1v) is 3.79. The number of halogens is 5. The lowest BCUT2D eigenvalue weighted by Crippen LogP contribution is -2.52. The molecule has 0 saturated heterocycles. The molecule has 0 saturated carbocycles. The second kappa shape index (κ2) is 4.42. The summed E-state index contributed by atoms with van der Waals surface area (Å²) in [4.78, 5) is 10.9. The van der Waals surface area contributed by atoms with Crippen molar-refractivity contribution in [3.63, 3.8) is 0 Å². The second-order valence-corrected chi connectivity index (χ2v) is 2.55. The molecule has 0 aliphatic rings. The van der Waals surface area contributed by atoms with Crippen LogP contribution in [0.4, 0.5) is 22.0 Å². The van der Waals surface area contributed by atoms with Crippen LogP contribution in [-0.4, -0.2) is 36.0 Å². The van der Waals surface area contributed by atoms with Gasteiger partial charge in [-0.05, 0) is 6.92 Å². The highest BCUT2D eigenvalue weighted by molar-refractivity contribution is 5.84. The van der Waals surface area contributed by atoms with Crippen LogP contribution in [-0.2, 0) is 4.79 Å². The summed E-state index contributed by atoms with van der Waals surface area (Å²) in [6.07, 6.45) is -5.94. The number of rotatable bonds is 3. The molecule has 0 heterocycles. The molecule has 0 rings (SSSR count). The molecular formula is C7H7F5N2O. The van der Waals surface area contributed by atoms with Crippen molar-refractivity contribution < 1.29 is 26.7 Å². The average Bonchev–Trinajstić information content (AvgIpc) is 2.11. The smallest absolute Gasteiger partial charge is 0.324 e. The molecule has 3 nitrogen and oxygen atoms in total. The third-order valence-corrected chi connectivity index (χ3v) is 1.56. The van der Waals surface area contributed by atoms with Gasteiger partial charge in [-0.2, -0.15) is 27.2 Å². The van der Waals surface area contributed by atoms with Gasteiger partial charge in [0.05, 0.1) is 6.07 Å². The van der Waals surface area contributed by atoms with Gasteiger partial charge in [0.2, 0.25) is 0 Å². The highest BCUT2D eigenvalue weighted by Gasteiger charge is 2.64. The Balaban J connectivity index is 4.91. The van der Waals surface area contributed by atoms with E-state index in [0.717, 1.165) is 0 Å². The summed E-state index contributed by atoms with van der Waals surface area (Å²) >= 11 is 0. The van der Waals surface area contributed by atoms with Crippen LogP contribution < -0.4 is 0 Å². The fourth-order valence-corrected chi connectivity index (χ4v) is 0.732. The Bertz CT molecular complexity index is 280. The number of nitriles is 1. The van der Waals surface area contributed by atoms with Gasteiger partial charge in [0, 0.05) is 6.54 Å². The summed E-state index contributed by atoms with van der Waals surface area (Å²) in [7, 11) is 0. The van der Waals surface area contributed by atoms with Gasteiger partial charge in [-0.15, -0.1) is 0 Å².